The maximum Gasteiger partial charge on any atom is 0.343 e. The number of methoxy groups -OCH3 is 2. The van der Waals surface area contributed by atoms with E-state index in [0.717, 1.165) is 18.4 Å². The highest BCUT2D eigenvalue weighted by Crippen LogP contribution is 2.28. The number of ether oxygens (including phenoxy) is 2. The molecule has 1 N–H and O–H groups in total. The van der Waals surface area contributed by atoms with E-state index in [9.17, 15) is 14.4 Å². The molecule has 1 aromatic heterocycles. The zero-order valence-electron chi connectivity index (χ0n) is 19.6. The lowest BCUT2D eigenvalue weighted by Gasteiger charge is -2.21. The van der Waals surface area contributed by atoms with Crippen molar-refractivity contribution in [1.82, 2.24) is 4.57 Å². The molecule has 0 atom stereocenters. The Morgan fingerprint density at radius 2 is 1.76 bits per heavy atom. The lowest BCUT2D eigenvalue weighted by Crippen LogP contribution is -2.28. The average Bonchev–Trinajstić information content (AvgIpc) is 2.86. The van der Waals surface area contributed by atoms with Crippen molar-refractivity contribution in [2.75, 3.05) is 19.5 Å². The first-order valence-corrected chi connectivity index (χ1v) is 11.7. The van der Waals surface area contributed by atoms with E-state index in [1.165, 1.54) is 32.4 Å². The van der Waals surface area contributed by atoms with Crippen LogP contribution in [-0.2, 0) is 16.1 Å². The number of nitrogens with one attached hydrogen (secondary N) is 1. The first-order chi connectivity index (χ1) is 16.5. The summed E-state index contributed by atoms with van der Waals surface area (Å²) < 4.78 is 11.6. The van der Waals surface area contributed by atoms with Crippen LogP contribution in [0, 0.1) is 5.92 Å². The second kappa shape index (κ2) is 10.5. The summed E-state index contributed by atoms with van der Waals surface area (Å²) in [6, 6.07) is 14.3. The van der Waals surface area contributed by atoms with E-state index >= 15 is 0 Å². The van der Waals surface area contributed by atoms with Crippen LogP contribution in [0.15, 0.2) is 53.3 Å². The van der Waals surface area contributed by atoms with Gasteiger partial charge in [-0.25, -0.2) is 4.79 Å². The van der Waals surface area contributed by atoms with E-state index in [2.05, 4.69) is 5.32 Å². The standard InChI is InChI=1S/C27H30N2O5/c1-33-20-13-11-19(12-14-20)17-29-24-10-6-9-23(21(24)16-22(26(29)31)27(32)34-2)28-25(30)15-18-7-4-3-5-8-18/h6,9-14,16,18H,3-5,7-8,15,17H2,1-2H3,(H,28,30). The van der Waals surface area contributed by atoms with E-state index < -0.39 is 11.5 Å². The molecule has 1 fully saturated rings. The van der Waals surface area contributed by atoms with Gasteiger partial charge >= 0.3 is 5.97 Å². The lowest BCUT2D eigenvalue weighted by molar-refractivity contribution is -0.117. The highest BCUT2D eigenvalue weighted by molar-refractivity contribution is 6.03. The number of hydrogen-bond acceptors (Lipinski definition) is 5. The van der Waals surface area contributed by atoms with Gasteiger partial charge in [-0.1, -0.05) is 37.5 Å². The van der Waals surface area contributed by atoms with Gasteiger partial charge in [0.05, 0.1) is 32.0 Å². The summed E-state index contributed by atoms with van der Waals surface area (Å²) in [6.07, 6.45) is 6.22. The van der Waals surface area contributed by atoms with Crippen molar-refractivity contribution in [2.45, 2.75) is 45.1 Å². The summed E-state index contributed by atoms with van der Waals surface area (Å²) in [5.74, 6) is 0.362. The third kappa shape index (κ3) is 5.14. The summed E-state index contributed by atoms with van der Waals surface area (Å²) in [7, 11) is 2.84. The number of rotatable bonds is 7. The van der Waals surface area contributed by atoms with Crippen molar-refractivity contribution in [3.63, 3.8) is 0 Å². The van der Waals surface area contributed by atoms with Crippen LogP contribution >= 0.6 is 0 Å². The summed E-state index contributed by atoms with van der Waals surface area (Å²) in [4.78, 5) is 38.5. The zero-order valence-corrected chi connectivity index (χ0v) is 19.6. The first-order valence-electron chi connectivity index (χ1n) is 11.7. The van der Waals surface area contributed by atoms with Crippen LogP contribution in [0.1, 0.15) is 54.4 Å². The topological polar surface area (TPSA) is 86.6 Å². The maximum absolute atomic E-state index is 13.3. The number of anilines is 1. The van der Waals surface area contributed by atoms with Gasteiger partial charge in [-0.15, -0.1) is 0 Å². The minimum Gasteiger partial charge on any atom is -0.497 e. The summed E-state index contributed by atoms with van der Waals surface area (Å²) >= 11 is 0. The van der Waals surface area contributed by atoms with Gasteiger partial charge in [0, 0.05) is 11.8 Å². The summed E-state index contributed by atoms with van der Waals surface area (Å²) in [5.41, 5.74) is 1.56. The SMILES string of the molecule is COC(=O)c1cc2c(NC(=O)CC3CCCCC3)cccc2n(Cc2ccc(OC)cc2)c1=O. The molecule has 178 valence electrons. The normalized spacial score (nSPS) is 14.1. The van der Waals surface area contributed by atoms with Gasteiger partial charge in [-0.05, 0) is 54.7 Å². The number of amides is 1. The van der Waals surface area contributed by atoms with Crippen molar-refractivity contribution in [2.24, 2.45) is 5.92 Å². The van der Waals surface area contributed by atoms with E-state index in [0.29, 0.717) is 34.7 Å². The number of carbonyl (C=O) groups is 2. The number of benzene rings is 2. The Kier molecular flexibility index (Phi) is 7.30. The number of nitrogens with zero attached hydrogens (tertiary/aromatic N) is 1. The number of carbonyl (C=O) groups excluding carboxylic acids is 2. The largest absolute Gasteiger partial charge is 0.497 e. The number of fused-ring (bicyclic) bond motifs is 1. The number of pyridine rings is 1. The fourth-order valence-corrected chi connectivity index (χ4v) is 4.69. The molecule has 0 saturated heterocycles. The van der Waals surface area contributed by atoms with E-state index in [-0.39, 0.29) is 18.0 Å². The van der Waals surface area contributed by atoms with Crippen molar-refractivity contribution in [3.05, 3.63) is 70.0 Å². The Bertz CT molecular complexity index is 1240. The maximum atomic E-state index is 13.3. The number of aromatic nitrogens is 1. The average molecular weight is 463 g/mol. The monoisotopic (exact) mass is 462 g/mol. The molecule has 1 heterocycles. The van der Waals surface area contributed by atoms with Crippen molar-refractivity contribution in [1.29, 1.82) is 0 Å². The Labute approximate surface area is 198 Å². The van der Waals surface area contributed by atoms with Crippen LogP contribution in [0.3, 0.4) is 0 Å². The smallest absolute Gasteiger partial charge is 0.343 e. The van der Waals surface area contributed by atoms with Gasteiger partial charge in [-0.3, -0.25) is 9.59 Å². The van der Waals surface area contributed by atoms with Crippen LogP contribution in [0.5, 0.6) is 5.75 Å². The van der Waals surface area contributed by atoms with Crippen LogP contribution in [0.2, 0.25) is 0 Å². The fraction of sp³-hybridized carbons (Fsp3) is 0.370. The van der Waals surface area contributed by atoms with Crippen LogP contribution in [-0.4, -0.2) is 30.7 Å². The highest BCUT2D eigenvalue weighted by Gasteiger charge is 2.20. The first kappa shape index (κ1) is 23.5. The van der Waals surface area contributed by atoms with Crippen LogP contribution < -0.4 is 15.6 Å². The second-order valence-corrected chi connectivity index (χ2v) is 8.78. The van der Waals surface area contributed by atoms with E-state index in [1.54, 1.807) is 23.8 Å². The minimum atomic E-state index is -0.710. The predicted molar refractivity (Wildman–Crippen MR) is 131 cm³/mol. The molecule has 1 amide bonds. The molecule has 1 saturated carbocycles. The van der Waals surface area contributed by atoms with E-state index in [4.69, 9.17) is 9.47 Å². The van der Waals surface area contributed by atoms with Gasteiger partial charge < -0.3 is 19.4 Å². The van der Waals surface area contributed by atoms with Gasteiger partial charge in [0.2, 0.25) is 5.91 Å². The Hall–Kier alpha value is -3.61. The van der Waals surface area contributed by atoms with Gasteiger partial charge in [-0.2, -0.15) is 0 Å². The molecule has 34 heavy (non-hydrogen) atoms. The van der Waals surface area contributed by atoms with Crippen molar-refractivity contribution in [3.8, 4) is 5.75 Å². The molecule has 7 nitrogen and oxygen atoms in total. The van der Waals surface area contributed by atoms with Gasteiger partial charge in [0.15, 0.2) is 0 Å². The molecule has 2 aromatic carbocycles. The molecular weight excluding hydrogens is 432 g/mol. The third-order valence-electron chi connectivity index (χ3n) is 6.52. The molecule has 0 bridgehead atoms. The molecule has 1 aliphatic rings. The molecule has 0 radical (unpaired) electrons. The van der Waals surface area contributed by atoms with Gasteiger partial charge in [0.25, 0.3) is 5.56 Å². The quantitative estimate of drug-likeness (QED) is 0.512. The zero-order chi connectivity index (χ0) is 24.1. The second-order valence-electron chi connectivity index (χ2n) is 8.78. The molecule has 0 spiro atoms. The number of esters is 1. The van der Waals surface area contributed by atoms with Crippen LogP contribution in [0.25, 0.3) is 10.9 Å². The Balaban J connectivity index is 1.73. The molecule has 4 rings (SSSR count). The summed E-state index contributed by atoms with van der Waals surface area (Å²) in [6.45, 7) is 0.254. The molecule has 7 heteroatoms. The van der Waals surface area contributed by atoms with Crippen molar-refractivity contribution < 1.29 is 19.1 Å². The lowest BCUT2D eigenvalue weighted by atomic mass is 9.87. The van der Waals surface area contributed by atoms with Crippen molar-refractivity contribution >= 4 is 28.5 Å². The van der Waals surface area contributed by atoms with E-state index in [1.807, 2.05) is 30.3 Å². The summed E-state index contributed by atoms with van der Waals surface area (Å²) in [5, 5.41) is 3.64. The Morgan fingerprint density at radius 1 is 1.03 bits per heavy atom. The molecule has 1 aliphatic carbocycles. The predicted octanol–water partition coefficient (Wildman–Crippen LogP) is 4.75. The molecule has 3 aromatic rings. The molecule has 0 aliphatic heterocycles. The van der Waals surface area contributed by atoms with Gasteiger partial charge in [0.1, 0.15) is 11.3 Å². The highest BCUT2D eigenvalue weighted by atomic mass is 16.5. The third-order valence-corrected chi connectivity index (χ3v) is 6.52. The van der Waals surface area contributed by atoms with Crippen LogP contribution in [0.4, 0.5) is 5.69 Å². The number of hydrogen-bond donors (Lipinski definition) is 1. The Morgan fingerprint density at radius 3 is 2.44 bits per heavy atom. The fourth-order valence-electron chi connectivity index (χ4n) is 4.69. The molecule has 0 unspecified atom stereocenters. The molecular formula is C27H30N2O5. The minimum absolute atomic E-state index is 0.0491.